The largest absolute Gasteiger partial charge is 0.483 e. The van der Waals surface area contributed by atoms with E-state index in [1.165, 1.54) is 5.01 Å². The van der Waals surface area contributed by atoms with Crippen molar-refractivity contribution in [2.75, 3.05) is 11.6 Å². The first-order valence-corrected chi connectivity index (χ1v) is 9.05. The smallest absolute Gasteiger partial charge is 0.263 e. The molecule has 0 aromatic heterocycles. The Morgan fingerprint density at radius 2 is 1.89 bits per heavy atom. The fraction of sp³-hybridized carbons (Fsp3) is 0.286. The average molecular weight is 365 g/mol. The van der Waals surface area contributed by atoms with Gasteiger partial charge in [-0.2, -0.15) is 10.1 Å². The summed E-state index contributed by atoms with van der Waals surface area (Å²) in [6.07, 6.45) is 1.05. The quantitative estimate of drug-likeness (QED) is 0.852. The fourth-order valence-corrected chi connectivity index (χ4v) is 2.85. The lowest BCUT2D eigenvalue weighted by atomic mass is 9.98. The Hall–Kier alpha value is -3.15. The second kappa shape index (κ2) is 8.49. The maximum Gasteiger partial charge on any atom is 0.263 e. The van der Waals surface area contributed by atoms with E-state index in [2.05, 4.69) is 24.3 Å². The third-order valence-corrected chi connectivity index (χ3v) is 4.48. The van der Waals surface area contributed by atoms with Crippen LogP contribution in [0.1, 0.15) is 38.2 Å². The molecule has 1 aliphatic rings. The third-order valence-electron chi connectivity index (χ3n) is 4.48. The van der Waals surface area contributed by atoms with Crippen LogP contribution >= 0.6 is 0 Å². The number of hydrogen-bond acceptors (Lipinski definition) is 4. The van der Waals surface area contributed by atoms with E-state index in [-0.39, 0.29) is 24.8 Å². The van der Waals surface area contributed by atoms with Crippen molar-refractivity contribution in [3.63, 3.8) is 0 Å². The van der Waals surface area contributed by atoms with Crippen molar-refractivity contribution in [1.82, 2.24) is 5.32 Å². The molecule has 1 atom stereocenters. The lowest BCUT2D eigenvalue weighted by Crippen LogP contribution is -2.33. The van der Waals surface area contributed by atoms with Gasteiger partial charge in [0.05, 0.1) is 12.1 Å². The summed E-state index contributed by atoms with van der Waals surface area (Å²) in [5, 5.41) is 8.17. The number of nitrogens with one attached hydrogen (secondary N) is 1. The van der Waals surface area contributed by atoms with Crippen LogP contribution in [-0.4, -0.2) is 24.3 Å². The van der Waals surface area contributed by atoms with Gasteiger partial charge >= 0.3 is 0 Å². The highest BCUT2D eigenvalue weighted by molar-refractivity contribution is 6.15. The second-order valence-electron chi connectivity index (χ2n) is 6.45. The Balaban J connectivity index is 1.60. The first-order chi connectivity index (χ1) is 13.1. The number of amides is 2. The highest BCUT2D eigenvalue weighted by Gasteiger charge is 2.26. The van der Waals surface area contributed by atoms with Gasteiger partial charge in [-0.05, 0) is 36.1 Å². The number of nitrogens with zero attached hydrogens (tertiary/aromatic N) is 2. The van der Waals surface area contributed by atoms with Crippen LogP contribution in [0.5, 0.6) is 5.75 Å². The summed E-state index contributed by atoms with van der Waals surface area (Å²) in [6, 6.07) is 16.8. The van der Waals surface area contributed by atoms with Crippen molar-refractivity contribution in [2.45, 2.75) is 32.6 Å². The lowest BCUT2D eigenvalue weighted by molar-refractivity contribution is -0.121. The van der Waals surface area contributed by atoms with Crippen molar-refractivity contribution in [1.29, 1.82) is 0 Å². The normalized spacial score (nSPS) is 14.7. The van der Waals surface area contributed by atoms with Gasteiger partial charge in [-0.1, -0.05) is 50.2 Å². The minimum absolute atomic E-state index is 0.0596. The average Bonchev–Trinajstić information content (AvgIpc) is 3.06. The number of anilines is 1. The summed E-state index contributed by atoms with van der Waals surface area (Å²) >= 11 is 0. The predicted molar refractivity (Wildman–Crippen MR) is 105 cm³/mol. The van der Waals surface area contributed by atoms with E-state index in [4.69, 9.17) is 4.74 Å². The Kier molecular flexibility index (Phi) is 5.86. The zero-order valence-corrected chi connectivity index (χ0v) is 15.5. The molecule has 1 heterocycles. The van der Waals surface area contributed by atoms with Gasteiger partial charge in [0.25, 0.3) is 11.8 Å². The SMILES string of the molecule is CCC(C)c1ccccc1OCC(=O)NC1=NN(c2ccccc2)C(=O)C1. The molecule has 6 nitrogen and oxygen atoms in total. The van der Waals surface area contributed by atoms with Gasteiger partial charge in [-0.15, -0.1) is 0 Å². The first-order valence-electron chi connectivity index (χ1n) is 9.05. The maximum atomic E-state index is 12.2. The molecule has 140 valence electrons. The predicted octanol–water partition coefficient (Wildman–Crippen LogP) is 3.45. The molecule has 6 heteroatoms. The van der Waals surface area contributed by atoms with Crippen molar-refractivity contribution < 1.29 is 14.3 Å². The number of carbonyl (C=O) groups excluding carboxylic acids is 2. The minimum Gasteiger partial charge on any atom is -0.483 e. The topological polar surface area (TPSA) is 71.0 Å². The molecule has 1 unspecified atom stereocenters. The van der Waals surface area contributed by atoms with Gasteiger partial charge < -0.3 is 10.1 Å². The molecule has 0 spiro atoms. The first kappa shape index (κ1) is 18.6. The van der Waals surface area contributed by atoms with Gasteiger partial charge in [-0.25, -0.2) is 0 Å². The summed E-state index contributed by atoms with van der Waals surface area (Å²) in [4.78, 5) is 24.4. The number of rotatable bonds is 6. The summed E-state index contributed by atoms with van der Waals surface area (Å²) < 4.78 is 5.70. The number of hydrazone groups is 1. The number of amidine groups is 1. The summed E-state index contributed by atoms with van der Waals surface area (Å²) in [5.74, 6) is 0.862. The molecule has 0 bridgehead atoms. The van der Waals surface area contributed by atoms with Crippen molar-refractivity contribution >= 4 is 23.3 Å². The van der Waals surface area contributed by atoms with Crippen LogP contribution in [0.15, 0.2) is 59.7 Å². The Bertz CT molecular complexity index is 849. The molecular weight excluding hydrogens is 342 g/mol. The molecule has 27 heavy (non-hydrogen) atoms. The van der Waals surface area contributed by atoms with Gasteiger partial charge in [-0.3, -0.25) is 9.59 Å². The molecule has 2 aromatic carbocycles. The van der Waals surface area contributed by atoms with Crippen LogP contribution < -0.4 is 15.1 Å². The van der Waals surface area contributed by atoms with Crippen LogP contribution in [0.25, 0.3) is 0 Å². The third kappa shape index (κ3) is 4.53. The van der Waals surface area contributed by atoms with E-state index < -0.39 is 0 Å². The van der Waals surface area contributed by atoms with E-state index in [0.29, 0.717) is 23.2 Å². The van der Waals surface area contributed by atoms with Crippen LogP contribution in [0.2, 0.25) is 0 Å². The van der Waals surface area contributed by atoms with Crippen LogP contribution in [0.4, 0.5) is 5.69 Å². The van der Waals surface area contributed by atoms with Crippen LogP contribution in [0, 0.1) is 0 Å². The summed E-state index contributed by atoms with van der Waals surface area (Å²) in [5.41, 5.74) is 1.75. The number of para-hydroxylation sites is 2. The molecule has 1 aliphatic heterocycles. The molecule has 2 amide bonds. The van der Waals surface area contributed by atoms with Gasteiger partial charge in [0.15, 0.2) is 6.61 Å². The molecule has 0 fully saturated rings. The highest BCUT2D eigenvalue weighted by Crippen LogP contribution is 2.28. The number of benzene rings is 2. The molecule has 0 saturated carbocycles. The van der Waals surface area contributed by atoms with E-state index in [1.807, 2.05) is 42.5 Å². The molecule has 1 N–H and O–H groups in total. The van der Waals surface area contributed by atoms with Crippen molar-refractivity contribution in [3.05, 3.63) is 60.2 Å². The standard InChI is InChI=1S/C21H23N3O3/c1-3-15(2)17-11-7-8-12-18(17)27-14-20(25)22-19-13-21(26)24(23-19)16-9-5-4-6-10-16/h4-12,15H,3,13-14H2,1-2H3,(H,22,23,25). The minimum atomic E-state index is -0.338. The van der Waals surface area contributed by atoms with Gasteiger partial charge in [0, 0.05) is 0 Å². The fourth-order valence-electron chi connectivity index (χ4n) is 2.85. The van der Waals surface area contributed by atoms with E-state index in [9.17, 15) is 9.59 Å². The summed E-state index contributed by atoms with van der Waals surface area (Å²) in [6.45, 7) is 4.10. The number of carbonyl (C=O) groups is 2. The second-order valence-corrected chi connectivity index (χ2v) is 6.45. The lowest BCUT2D eigenvalue weighted by Gasteiger charge is -2.15. The van der Waals surface area contributed by atoms with E-state index in [1.54, 1.807) is 12.1 Å². The molecule has 2 aromatic rings. The Labute approximate surface area is 158 Å². The molecule has 3 rings (SSSR count). The summed E-state index contributed by atoms with van der Waals surface area (Å²) in [7, 11) is 0. The highest BCUT2D eigenvalue weighted by atomic mass is 16.5. The van der Waals surface area contributed by atoms with Crippen molar-refractivity contribution in [3.8, 4) is 5.75 Å². The van der Waals surface area contributed by atoms with E-state index >= 15 is 0 Å². The van der Waals surface area contributed by atoms with Gasteiger partial charge in [0.1, 0.15) is 11.6 Å². The van der Waals surface area contributed by atoms with Gasteiger partial charge in [0.2, 0.25) is 0 Å². The van der Waals surface area contributed by atoms with Crippen LogP contribution in [0.3, 0.4) is 0 Å². The number of ether oxygens (including phenoxy) is 1. The molecule has 0 aliphatic carbocycles. The zero-order valence-electron chi connectivity index (χ0n) is 15.5. The molecular formula is C21H23N3O3. The van der Waals surface area contributed by atoms with E-state index in [0.717, 1.165) is 12.0 Å². The van der Waals surface area contributed by atoms with Crippen molar-refractivity contribution in [2.24, 2.45) is 5.10 Å². The molecule has 0 saturated heterocycles. The number of hydrogen-bond donors (Lipinski definition) is 1. The zero-order chi connectivity index (χ0) is 19.2. The maximum absolute atomic E-state index is 12.2. The van der Waals surface area contributed by atoms with Crippen LogP contribution in [-0.2, 0) is 9.59 Å². The molecule has 0 radical (unpaired) electrons. The Morgan fingerprint density at radius 3 is 2.63 bits per heavy atom. The monoisotopic (exact) mass is 365 g/mol. The Morgan fingerprint density at radius 1 is 1.19 bits per heavy atom.